The molecule has 1 aliphatic rings. The number of anilines is 1. The van der Waals surface area contributed by atoms with E-state index in [1.165, 1.54) is 0 Å². The molecule has 0 spiro atoms. The Labute approximate surface area is 116 Å². The SMILES string of the molecule is Cc1cc(NS(=O)(=O)C2CCOCC2)ccc1Br. The quantitative estimate of drug-likeness (QED) is 0.925. The van der Waals surface area contributed by atoms with Crippen molar-refractivity contribution in [3.05, 3.63) is 28.2 Å². The van der Waals surface area contributed by atoms with Crippen molar-refractivity contribution < 1.29 is 13.2 Å². The molecule has 0 aliphatic carbocycles. The summed E-state index contributed by atoms with van der Waals surface area (Å²) in [5, 5.41) is -0.352. The van der Waals surface area contributed by atoms with Gasteiger partial charge in [-0.05, 0) is 43.5 Å². The maximum absolute atomic E-state index is 12.2. The van der Waals surface area contributed by atoms with Crippen LogP contribution in [0.2, 0.25) is 0 Å². The van der Waals surface area contributed by atoms with E-state index in [0.29, 0.717) is 31.7 Å². The minimum absolute atomic E-state index is 0.352. The van der Waals surface area contributed by atoms with Crippen LogP contribution in [0.3, 0.4) is 0 Å². The summed E-state index contributed by atoms with van der Waals surface area (Å²) in [4.78, 5) is 0. The highest BCUT2D eigenvalue weighted by molar-refractivity contribution is 9.10. The Kier molecular flexibility index (Phi) is 4.29. The molecular weight excluding hydrogens is 318 g/mol. The van der Waals surface area contributed by atoms with Crippen LogP contribution in [0, 0.1) is 6.92 Å². The topological polar surface area (TPSA) is 55.4 Å². The van der Waals surface area contributed by atoms with Gasteiger partial charge < -0.3 is 4.74 Å². The van der Waals surface area contributed by atoms with Gasteiger partial charge in [0.1, 0.15) is 0 Å². The van der Waals surface area contributed by atoms with Crippen LogP contribution in [0.4, 0.5) is 5.69 Å². The Morgan fingerprint density at radius 3 is 2.61 bits per heavy atom. The van der Waals surface area contributed by atoms with Crippen molar-refractivity contribution >= 4 is 31.6 Å². The zero-order chi connectivity index (χ0) is 13.2. The van der Waals surface area contributed by atoms with E-state index in [0.717, 1.165) is 10.0 Å². The summed E-state index contributed by atoms with van der Waals surface area (Å²) < 4.78 is 33.1. The normalized spacial score (nSPS) is 17.7. The molecule has 18 heavy (non-hydrogen) atoms. The van der Waals surface area contributed by atoms with Gasteiger partial charge in [-0.3, -0.25) is 4.72 Å². The summed E-state index contributed by atoms with van der Waals surface area (Å²) in [5.41, 5.74) is 1.62. The van der Waals surface area contributed by atoms with E-state index in [-0.39, 0.29) is 5.25 Å². The van der Waals surface area contributed by atoms with Crippen LogP contribution in [-0.4, -0.2) is 26.9 Å². The van der Waals surface area contributed by atoms with Gasteiger partial charge in [-0.2, -0.15) is 0 Å². The smallest absolute Gasteiger partial charge is 0.235 e. The molecule has 1 fully saturated rings. The van der Waals surface area contributed by atoms with Crippen molar-refractivity contribution in [1.82, 2.24) is 0 Å². The fraction of sp³-hybridized carbons (Fsp3) is 0.500. The Hall–Kier alpha value is -0.590. The van der Waals surface area contributed by atoms with Crippen LogP contribution in [0.5, 0.6) is 0 Å². The summed E-state index contributed by atoms with van der Waals surface area (Å²) >= 11 is 3.39. The van der Waals surface area contributed by atoms with E-state index >= 15 is 0 Å². The summed E-state index contributed by atoms with van der Waals surface area (Å²) in [7, 11) is -3.31. The summed E-state index contributed by atoms with van der Waals surface area (Å²) in [6.45, 7) is 2.96. The van der Waals surface area contributed by atoms with Crippen LogP contribution >= 0.6 is 15.9 Å². The molecule has 100 valence electrons. The van der Waals surface area contributed by atoms with E-state index in [9.17, 15) is 8.42 Å². The van der Waals surface area contributed by atoms with Gasteiger partial charge in [-0.15, -0.1) is 0 Å². The third-order valence-corrected chi connectivity index (χ3v) is 5.78. The summed E-state index contributed by atoms with van der Waals surface area (Å²) in [6.07, 6.45) is 1.12. The molecule has 0 unspecified atom stereocenters. The molecule has 1 aromatic rings. The highest BCUT2D eigenvalue weighted by Crippen LogP contribution is 2.23. The minimum atomic E-state index is -3.31. The highest BCUT2D eigenvalue weighted by Gasteiger charge is 2.27. The standard InChI is InChI=1S/C12H16BrNO3S/c1-9-8-10(2-3-12(9)13)14-18(15,16)11-4-6-17-7-5-11/h2-3,8,11,14H,4-7H2,1H3. The molecule has 1 aromatic carbocycles. The van der Waals surface area contributed by atoms with Crippen LogP contribution < -0.4 is 4.72 Å². The lowest BCUT2D eigenvalue weighted by Gasteiger charge is -2.22. The summed E-state index contributed by atoms with van der Waals surface area (Å²) in [5.74, 6) is 0. The van der Waals surface area contributed by atoms with Gasteiger partial charge >= 0.3 is 0 Å². The van der Waals surface area contributed by atoms with E-state index in [1.54, 1.807) is 6.07 Å². The van der Waals surface area contributed by atoms with E-state index in [4.69, 9.17) is 4.74 Å². The summed E-state index contributed by atoms with van der Waals surface area (Å²) in [6, 6.07) is 5.42. The maximum atomic E-state index is 12.2. The maximum Gasteiger partial charge on any atom is 0.235 e. The molecule has 4 nitrogen and oxygen atoms in total. The van der Waals surface area contributed by atoms with Crippen molar-refractivity contribution in [3.63, 3.8) is 0 Å². The third-order valence-electron chi connectivity index (χ3n) is 3.03. The number of benzene rings is 1. The van der Waals surface area contributed by atoms with Gasteiger partial charge in [0.25, 0.3) is 0 Å². The van der Waals surface area contributed by atoms with Gasteiger partial charge in [-0.25, -0.2) is 8.42 Å². The van der Waals surface area contributed by atoms with Crippen LogP contribution in [-0.2, 0) is 14.8 Å². The lowest BCUT2D eigenvalue weighted by atomic mass is 10.2. The molecule has 0 radical (unpaired) electrons. The van der Waals surface area contributed by atoms with Gasteiger partial charge in [-0.1, -0.05) is 15.9 Å². The third kappa shape index (κ3) is 3.24. The fourth-order valence-corrected chi connectivity index (χ4v) is 3.62. The second-order valence-corrected chi connectivity index (χ2v) is 7.24. The van der Waals surface area contributed by atoms with Gasteiger partial charge in [0.2, 0.25) is 10.0 Å². The Bertz CT molecular complexity index is 524. The Morgan fingerprint density at radius 1 is 1.33 bits per heavy atom. The van der Waals surface area contributed by atoms with E-state index < -0.39 is 10.0 Å². The molecular formula is C12H16BrNO3S. The monoisotopic (exact) mass is 333 g/mol. The van der Waals surface area contributed by atoms with E-state index in [2.05, 4.69) is 20.7 Å². The molecule has 0 bridgehead atoms. The number of halogens is 1. The van der Waals surface area contributed by atoms with Crippen LogP contribution in [0.25, 0.3) is 0 Å². The molecule has 0 saturated carbocycles. The first-order chi connectivity index (χ1) is 8.49. The zero-order valence-electron chi connectivity index (χ0n) is 10.1. The van der Waals surface area contributed by atoms with Crippen molar-refractivity contribution in [2.45, 2.75) is 25.0 Å². The second-order valence-electron chi connectivity index (χ2n) is 4.42. The molecule has 6 heteroatoms. The predicted molar refractivity (Wildman–Crippen MR) is 75.3 cm³/mol. The fourth-order valence-electron chi connectivity index (χ4n) is 1.94. The van der Waals surface area contributed by atoms with E-state index in [1.807, 2.05) is 19.1 Å². The van der Waals surface area contributed by atoms with Crippen molar-refractivity contribution in [1.29, 1.82) is 0 Å². The Morgan fingerprint density at radius 2 is 2.00 bits per heavy atom. The molecule has 1 N–H and O–H groups in total. The van der Waals surface area contributed by atoms with Gasteiger partial charge in [0.15, 0.2) is 0 Å². The average Bonchev–Trinajstić information content (AvgIpc) is 2.35. The molecule has 1 saturated heterocycles. The average molecular weight is 334 g/mol. The Balaban J connectivity index is 2.13. The number of hydrogen-bond acceptors (Lipinski definition) is 3. The van der Waals surface area contributed by atoms with Crippen LogP contribution in [0.15, 0.2) is 22.7 Å². The number of rotatable bonds is 3. The number of nitrogens with one attached hydrogen (secondary N) is 1. The number of ether oxygens (including phenoxy) is 1. The van der Waals surface area contributed by atoms with Gasteiger partial charge in [0, 0.05) is 23.4 Å². The molecule has 0 atom stereocenters. The van der Waals surface area contributed by atoms with Crippen LogP contribution in [0.1, 0.15) is 18.4 Å². The second kappa shape index (κ2) is 5.59. The zero-order valence-corrected chi connectivity index (χ0v) is 12.6. The molecule has 2 rings (SSSR count). The highest BCUT2D eigenvalue weighted by atomic mass is 79.9. The number of hydrogen-bond donors (Lipinski definition) is 1. The lowest BCUT2D eigenvalue weighted by molar-refractivity contribution is 0.0984. The molecule has 0 amide bonds. The first-order valence-electron chi connectivity index (χ1n) is 5.84. The number of aryl methyl sites for hydroxylation is 1. The molecule has 1 aliphatic heterocycles. The minimum Gasteiger partial charge on any atom is -0.381 e. The van der Waals surface area contributed by atoms with Crippen molar-refractivity contribution in [2.24, 2.45) is 0 Å². The largest absolute Gasteiger partial charge is 0.381 e. The first-order valence-corrected chi connectivity index (χ1v) is 8.18. The van der Waals surface area contributed by atoms with Crippen molar-refractivity contribution in [3.8, 4) is 0 Å². The predicted octanol–water partition coefficient (Wildman–Crippen LogP) is 2.68. The molecule has 0 aromatic heterocycles. The first kappa shape index (κ1) is 13.8. The lowest BCUT2D eigenvalue weighted by Crippen LogP contribution is -2.33. The molecule has 1 heterocycles. The van der Waals surface area contributed by atoms with Gasteiger partial charge in [0.05, 0.1) is 5.25 Å². The van der Waals surface area contributed by atoms with Crippen molar-refractivity contribution in [2.75, 3.05) is 17.9 Å². The number of sulfonamides is 1.